The van der Waals surface area contributed by atoms with E-state index in [1.165, 1.54) is 0 Å². The van der Waals surface area contributed by atoms with Crippen LogP contribution < -0.4 is 11.3 Å². The van der Waals surface area contributed by atoms with Crippen molar-refractivity contribution in [3.05, 3.63) is 66.5 Å². The maximum absolute atomic E-state index is 6.25. The fourth-order valence-corrected chi connectivity index (χ4v) is 3.17. The van der Waals surface area contributed by atoms with Crippen molar-refractivity contribution < 1.29 is 0 Å². The molecule has 0 aliphatic carbocycles. The van der Waals surface area contributed by atoms with Gasteiger partial charge in [-0.2, -0.15) is 0 Å². The first-order valence-corrected chi connectivity index (χ1v) is 8.20. The minimum atomic E-state index is -0.0396. The molecule has 0 saturated carbocycles. The molecule has 0 aliphatic rings. The molecule has 0 aromatic heterocycles. The van der Waals surface area contributed by atoms with E-state index in [1.54, 1.807) is 0 Å². The molecule has 1 unspecified atom stereocenters. The normalized spacial score (nSPS) is 12.4. The fraction of sp³-hybridized carbons (Fsp3) is 0.143. The highest BCUT2D eigenvalue weighted by Gasteiger charge is 2.14. The molecule has 2 aromatic carbocycles. The minimum Gasteiger partial charge on any atom is -0.271 e. The topological polar surface area (TPSA) is 38.0 Å². The van der Waals surface area contributed by atoms with E-state index < -0.39 is 0 Å². The second kappa shape index (κ2) is 7.25. The number of benzene rings is 2. The van der Waals surface area contributed by atoms with Crippen molar-refractivity contribution in [3.8, 4) is 0 Å². The van der Waals surface area contributed by atoms with Crippen molar-refractivity contribution in [2.45, 2.75) is 12.5 Å². The molecule has 2 rings (SSSR count). The molecule has 1 atom stereocenters. The molecule has 0 spiro atoms. The van der Waals surface area contributed by atoms with Crippen LogP contribution in [0.1, 0.15) is 17.2 Å². The van der Waals surface area contributed by atoms with Crippen LogP contribution in [0.25, 0.3) is 0 Å². The Labute approximate surface area is 144 Å². The first-order chi connectivity index (χ1) is 9.51. The van der Waals surface area contributed by atoms with E-state index in [2.05, 4.69) is 37.3 Å². The van der Waals surface area contributed by atoms with Crippen LogP contribution >= 0.6 is 55.1 Å². The molecule has 6 heteroatoms. The van der Waals surface area contributed by atoms with E-state index in [1.807, 2.05) is 36.4 Å². The molecule has 2 aromatic rings. The average molecular weight is 439 g/mol. The van der Waals surface area contributed by atoms with E-state index in [9.17, 15) is 0 Å². The van der Waals surface area contributed by atoms with E-state index in [0.29, 0.717) is 16.5 Å². The highest BCUT2D eigenvalue weighted by molar-refractivity contribution is 9.10. The summed E-state index contributed by atoms with van der Waals surface area (Å²) in [6.45, 7) is 0. The predicted octanol–water partition coefficient (Wildman–Crippen LogP) is 5.27. The van der Waals surface area contributed by atoms with E-state index in [4.69, 9.17) is 29.0 Å². The molecule has 20 heavy (non-hydrogen) atoms. The van der Waals surface area contributed by atoms with Gasteiger partial charge in [-0.3, -0.25) is 11.3 Å². The number of hydrogen-bond donors (Lipinski definition) is 2. The second-order valence-electron chi connectivity index (χ2n) is 4.33. The Hall–Kier alpha value is -0.100. The van der Waals surface area contributed by atoms with Gasteiger partial charge in [0.25, 0.3) is 0 Å². The molecule has 0 fully saturated rings. The summed E-state index contributed by atoms with van der Waals surface area (Å²) in [5.74, 6) is 5.67. The molecule has 0 radical (unpaired) electrons. The molecule has 0 heterocycles. The average Bonchev–Trinajstić information content (AvgIpc) is 2.41. The van der Waals surface area contributed by atoms with Gasteiger partial charge in [0.05, 0.1) is 11.1 Å². The molecule has 0 bridgehead atoms. The van der Waals surface area contributed by atoms with E-state index in [0.717, 1.165) is 20.1 Å². The molecule has 0 saturated heterocycles. The lowest BCUT2D eigenvalue weighted by Gasteiger charge is -2.18. The van der Waals surface area contributed by atoms with Crippen molar-refractivity contribution in [1.82, 2.24) is 5.43 Å². The molecular weight excluding hydrogens is 427 g/mol. The van der Waals surface area contributed by atoms with Gasteiger partial charge in [-0.1, -0.05) is 51.3 Å². The van der Waals surface area contributed by atoms with Crippen molar-refractivity contribution in [2.75, 3.05) is 0 Å². The van der Waals surface area contributed by atoms with Crippen LogP contribution in [0.15, 0.2) is 45.3 Å². The van der Waals surface area contributed by atoms with Crippen LogP contribution in [-0.4, -0.2) is 0 Å². The summed E-state index contributed by atoms with van der Waals surface area (Å²) in [6.07, 6.45) is 0.691. The molecule has 0 amide bonds. The van der Waals surface area contributed by atoms with Gasteiger partial charge in [-0.25, -0.2) is 0 Å². The molecule has 2 nitrogen and oxygen atoms in total. The zero-order chi connectivity index (χ0) is 14.7. The smallest absolute Gasteiger partial charge is 0.0548 e. The van der Waals surface area contributed by atoms with Gasteiger partial charge in [0.15, 0.2) is 0 Å². The quantitative estimate of drug-likeness (QED) is 0.504. The number of hydrogen-bond acceptors (Lipinski definition) is 2. The van der Waals surface area contributed by atoms with Gasteiger partial charge in [-0.15, -0.1) is 0 Å². The summed E-state index contributed by atoms with van der Waals surface area (Å²) in [6, 6.07) is 11.5. The molecule has 0 aliphatic heterocycles. The van der Waals surface area contributed by atoms with Crippen LogP contribution in [0.4, 0.5) is 0 Å². The van der Waals surface area contributed by atoms with Crippen molar-refractivity contribution in [1.29, 1.82) is 0 Å². The van der Waals surface area contributed by atoms with Gasteiger partial charge < -0.3 is 0 Å². The number of rotatable bonds is 4. The highest BCUT2D eigenvalue weighted by Crippen LogP contribution is 2.29. The first-order valence-electron chi connectivity index (χ1n) is 5.86. The third-order valence-corrected chi connectivity index (χ3v) is 5.05. The Balaban J connectivity index is 2.26. The summed E-state index contributed by atoms with van der Waals surface area (Å²) >= 11 is 19.1. The van der Waals surface area contributed by atoms with E-state index >= 15 is 0 Å². The summed E-state index contributed by atoms with van der Waals surface area (Å²) in [7, 11) is 0. The Morgan fingerprint density at radius 1 is 1.05 bits per heavy atom. The Morgan fingerprint density at radius 3 is 2.40 bits per heavy atom. The largest absolute Gasteiger partial charge is 0.271 e. The Bertz CT molecular complexity index is 620. The third-order valence-electron chi connectivity index (χ3n) is 2.99. The minimum absolute atomic E-state index is 0.0396. The second-order valence-corrected chi connectivity index (χ2v) is 6.92. The maximum Gasteiger partial charge on any atom is 0.0548 e. The summed E-state index contributed by atoms with van der Waals surface area (Å²) in [4.78, 5) is 0. The van der Waals surface area contributed by atoms with Gasteiger partial charge in [-0.05, 0) is 57.7 Å². The lowest BCUT2D eigenvalue weighted by atomic mass is 9.99. The number of halogens is 4. The summed E-state index contributed by atoms with van der Waals surface area (Å²) in [5, 5.41) is 1.39. The molecule has 3 N–H and O–H groups in total. The zero-order valence-electron chi connectivity index (χ0n) is 10.3. The number of nitrogens with one attached hydrogen (secondary N) is 1. The summed E-state index contributed by atoms with van der Waals surface area (Å²) in [5.41, 5.74) is 4.90. The molecule has 106 valence electrons. The SMILES string of the molecule is NNC(Cc1ccc(Br)cc1Cl)c1ccc(Cl)c(Br)c1. The standard InChI is InChI=1S/C14H12Br2Cl2N2/c15-10-3-1-8(13(18)7-10)6-14(20-19)9-2-4-12(17)11(16)5-9/h1-5,7,14,20H,6,19H2. The predicted molar refractivity (Wildman–Crippen MR) is 92.1 cm³/mol. The lowest BCUT2D eigenvalue weighted by Crippen LogP contribution is -2.29. The van der Waals surface area contributed by atoms with Crippen LogP contribution in [0, 0.1) is 0 Å². The van der Waals surface area contributed by atoms with Crippen molar-refractivity contribution in [2.24, 2.45) is 5.84 Å². The third kappa shape index (κ3) is 3.97. The number of hydrazine groups is 1. The van der Waals surface area contributed by atoms with Crippen molar-refractivity contribution >= 4 is 55.1 Å². The zero-order valence-corrected chi connectivity index (χ0v) is 15.0. The maximum atomic E-state index is 6.25. The van der Waals surface area contributed by atoms with Gasteiger partial charge in [0.1, 0.15) is 0 Å². The highest BCUT2D eigenvalue weighted by atomic mass is 79.9. The van der Waals surface area contributed by atoms with E-state index in [-0.39, 0.29) is 6.04 Å². The fourth-order valence-electron chi connectivity index (χ4n) is 1.91. The summed E-state index contributed by atoms with van der Waals surface area (Å²) < 4.78 is 1.80. The van der Waals surface area contributed by atoms with Crippen LogP contribution in [0.3, 0.4) is 0 Å². The van der Waals surface area contributed by atoms with Crippen LogP contribution in [0.2, 0.25) is 10.0 Å². The first kappa shape index (κ1) is 16.3. The monoisotopic (exact) mass is 436 g/mol. The Kier molecular flexibility index (Phi) is 5.90. The Morgan fingerprint density at radius 2 is 1.80 bits per heavy atom. The van der Waals surface area contributed by atoms with Crippen LogP contribution in [0.5, 0.6) is 0 Å². The number of nitrogens with two attached hydrogens (primary N) is 1. The van der Waals surface area contributed by atoms with Crippen LogP contribution in [-0.2, 0) is 6.42 Å². The van der Waals surface area contributed by atoms with Crippen molar-refractivity contribution in [3.63, 3.8) is 0 Å². The molecular formula is C14H12Br2Cl2N2. The lowest BCUT2D eigenvalue weighted by molar-refractivity contribution is 0.552. The van der Waals surface area contributed by atoms with Gasteiger partial charge >= 0.3 is 0 Å². The van der Waals surface area contributed by atoms with Gasteiger partial charge in [0.2, 0.25) is 0 Å². The van der Waals surface area contributed by atoms with Gasteiger partial charge in [0, 0.05) is 14.0 Å².